The Kier molecular flexibility index (Phi) is 4.26. The average Bonchev–Trinajstić information content (AvgIpc) is 3.17. The van der Waals surface area contributed by atoms with Gasteiger partial charge in [-0.05, 0) is 12.8 Å². The van der Waals surface area contributed by atoms with Gasteiger partial charge in [-0.2, -0.15) is 4.63 Å². The standard InChI is InChI=1S/C11H19N3O6/c1-3-10(15)18-8(2)19-14-13(20-14)12-6-4-5-9(7-12)11(16)17/h8-9H,3-7H2,1-2H3,(H,16,17). The second-order valence-corrected chi connectivity index (χ2v) is 4.68. The summed E-state index contributed by atoms with van der Waals surface area (Å²) in [5, 5.41) is 11.8. The van der Waals surface area contributed by atoms with Crippen molar-refractivity contribution < 1.29 is 28.9 Å². The zero-order valence-corrected chi connectivity index (χ0v) is 11.5. The van der Waals surface area contributed by atoms with E-state index < -0.39 is 18.2 Å². The Morgan fingerprint density at radius 1 is 1.50 bits per heavy atom. The van der Waals surface area contributed by atoms with Crippen molar-refractivity contribution in [1.82, 2.24) is 9.98 Å². The molecule has 1 aliphatic heterocycles. The molecular weight excluding hydrogens is 270 g/mol. The van der Waals surface area contributed by atoms with Gasteiger partial charge in [-0.15, -0.1) is 0 Å². The number of piperidine rings is 1. The van der Waals surface area contributed by atoms with Gasteiger partial charge >= 0.3 is 11.9 Å². The first-order valence-electron chi connectivity index (χ1n) is 6.63. The molecule has 114 valence electrons. The summed E-state index contributed by atoms with van der Waals surface area (Å²) >= 11 is 0. The number of carboxylic acid groups (broad SMARTS) is 1. The van der Waals surface area contributed by atoms with Crippen LogP contribution in [0, 0.1) is 5.92 Å². The van der Waals surface area contributed by atoms with Crippen LogP contribution >= 0.6 is 0 Å². The minimum absolute atomic E-state index is 0.269. The number of aromatic nitrogens is 2. The van der Waals surface area contributed by atoms with Crippen molar-refractivity contribution in [2.45, 2.75) is 39.4 Å². The molecule has 0 amide bonds. The summed E-state index contributed by atoms with van der Waals surface area (Å²) in [6.45, 7) is 4.31. The number of nitrogens with zero attached hydrogens (tertiary/aromatic N) is 3. The highest BCUT2D eigenvalue weighted by Crippen LogP contribution is 2.17. The summed E-state index contributed by atoms with van der Waals surface area (Å²) in [6, 6.07) is 0. The number of aliphatic carboxylic acids is 1. The zero-order valence-electron chi connectivity index (χ0n) is 11.5. The van der Waals surface area contributed by atoms with Gasteiger partial charge in [0.25, 0.3) is 6.29 Å². The van der Waals surface area contributed by atoms with Crippen molar-refractivity contribution in [2.24, 2.45) is 5.92 Å². The fraction of sp³-hybridized carbons (Fsp3) is 0.818. The van der Waals surface area contributed by atoms with E-state index in [4.69, 9.17) is 19.3 Å². The van der Waals surface area contributed by atoms with Crippen LogP contribution in [-0.2, 0) is 14.3 Å². The Balaban J connectivity index is 1.82. The van der Waals surface area contributed by atoms with E-state index in [0.717, 1.165) is 11.4 Å². The smallest absolute Gasteiger partial charge is 0.308 e. The maximum Gasteiger partial charge on any atom is 0.308 e. The van der Waals surface area contributed by atoms with Crippen molar-refractivity contribution >= 4 is 11.9 Å². The predicted octanol–water partition coefficient (Wildman–Crippen LogP) is 0.0430. The van der Waals surface area contributed by atoms with Crippen molar-refractivity contribution in [3.63, 3.8) is 0 Å². The summed E-state index contributed by atoms with van der Waals surface area (Å²) in [5.74, 6) is -1.59. The number of esters is 1. The molecule has 1 fully saturated rings. The Morgan fingerprint density at radius 2 is 2.25 bits per heavy atom. The van der Waals surface area contributed by atoms with Gasteiger partial charge in [0.05, 0.1) is 12.5 Å². The van der Waals surface area contributed by atoms with Crippen LogP contribution < -0.4 is 9.85 Å². The lowest BCUT2D eigenvalue weighted by atomic mass is 10.00. The number of hydrogen-bond acceptors (Lipinski definition) is 6. The van der Waals surface area contributed by atoms with Crippen LogP contribution in [0.5, 0.6) is 0 Å². The van der Waals surface area contributed by atoms with Crippen molar-refractivity contribution in [3.05, 3.63) is 0 Å². The zero-order chi connectivity index (χ0) is 14.7. The topological polar surface area (TPSA) is 99.1 Å². The molecule has 1 aromatic rings. The Hall–Kier alpha value is -2.06. The molecule has 0 spiro atoms. The minimum Gasteiger partial charge on any atom is -0.481 e. The Bertz CT molecular complexity index is 462. The summed E-state index contributed by atoms with van der Waals surface area (Å²) in [7, 11) is 0. The minimum atomic E-state index is -0.811. The van der Waals surface area contributed by atoms with Crippen LogP contribution in [0.25, 0.3) is 0 Å². The molecule has 1 aromatic heterocycles. The maximum absolute atomic E-state index is 11.1. The van der Waals surface area contributed by atoms with Crippen LogP contribution in [-0.4, -0.2) is 46.4 Å². The van der Waals surface area contributed by atoms with Gasteiger partial charge in [0.2, 0.25) is 0 Å². The lowest BCUT2D eigenvalue weighted by Crippen LogP contribution is -2.44. The second-order valence-electron chi connectivity index (χ2n) is 4.68. The highest BCUT2D eigenvalue weighted by atomic mass is 17.0. The summed E-state index contributed by atoms with van der Waals surface area (Å²) in [5.41, 5.74) is 0. The van der Waals surface area contributed by atoms with Gasteiger partial charge in [0.15, 0.2) is 0 Å². The number of carboxylic acids is 1. The number of carbonyl (C=O) groups is 2. The van der Waals surface area contributed by atoms with Crippen LogP contribution in [0.3, 0.4) is 0 Å². The van der Waals surface area contributed by atoms with E-state index in [9.17, 15) is 9.59 Å². The molecule has 2 heterocycles. The van der Waals surface area contributed by atoms with E-state index >= 15 is 0 Å². The molecule has 0 aromatic carbocycles. The third-order valence-electron chi connectivity index (χ3n) is 3.07. The molecule has 0 radical (unpaired) electrons. The predicted molar refractivity (Wildman–Crippen MR) is 65.4 cm³/mol. The average molecular weight is 289 g/mol. The van der Waals surface area contributed by atoms with Crippen LogP contribution in [0.4, 0.5) is 0 Å². The van der Waals surface area contributed by atoms with Crippen molar-refractivity contribution in [2.75, 3.05) is 18.1 Å². The van der Waals surface area contributed by atoms with E-state index in [1.54, 1.807) is 18.9 Å². The fourth-order valence-electron chi connectivity index (χ4n) is 1.99. The molecule has 2 rings (SSSR count). The molecule has 9 nitrogen and oxygen atoms in total. The molecule has 9 heteroatoms. The maximum atomic E-state index is 11.1. The number of rotatable bonds is 6. The van der Waals surface area contributed by atoms with E-state index in [2.05, 4.69) is 0 Å². The molecule has 0 aliphatic carbocycles. The molecule has 1 saturated heterocycles. The van der Waals surface area contributed by atoms with Crippen LogP contribution in [0.15, 0.2) is 4.63 Å². The van der Waals surface area contributed by atoms with E-state index in [1.165, 1.54) is 4.96 Å². The summed E-state index contributed by atoms with van der Waals surface area (Å²) < 4.78 is 9.98. The van der Waals surface area contributed by atoms with Gasteiger partial charge in [-0.3, -0.25) is 14.6 Å². The first kappa shape index (κ1) is 14.4. The van der Waals surface area contributed by atoms with Gasteiger partial charge < -0.3 is 14.7 Å². The van der Waals surface area contributed by atoms with E-state index in [1.807, 2.05) is 0 Å². The van der Waals surface area contributed by atoms with Crippen molar-refractivity contribution in [1.29, 1.82) is 0 Å². The van der Waals surface area contributed by atoms with Crippen molar-refractivity contribution in [3.8, 4) is 0 Å². The molecule has 1 N–H and O–H groups in total. The largest absolute Gasteiger partial charge is 0.481 e. The first-order valence-corrected chi connectivity index (χ1v) is 6.63. The molecule has 20 heavy (non-hydrogen) atoms. The molecule has 2 unspecified atom stereocenters. The summed E-state index contributed by atoms with van der Waals surface area (Å²) in [4.78, 5) is 28.6. The summed E-state index contributed by atoms with van der Waals surface area (Å²) in [6.07, 6.45) is 0.924. The van der Waals surface area contributed by atoms with Gasteiger partial charge in [-0.25, -0.2) is 0 Å². The molecule has 0 bridgehead atoms. The highest BCUT2D eigenvalue weighted by molar-refractivity contribution is 5.70. The van der Waals surface area contributed by atoms with E-state index in [-0.39, 0.29) is 12.4 Å². The second kappa shape index (κ2) is 5.93. The van der Waals surface area contributed by atoms with Gasteiger partial charge in [0, 0.05) is 24.9 Å². The number of carbonyl (C=O) groups excluding carboxylic acids is 1. The highest BCUT2D eigenvalue weighted by Gasteiger charge is 2.31. The molecule has 1 aliphatic rings. The van der Waals surface area contributed by atoms with Crippen LogP contribution in [0.1, 0.15) is 33.1 Å². The SMILES string of the molecule is CCC(=O)OC(C)On1on1N1CCCC(C(=O)O)C1. The van der Waals surface area contributed by atoms with Gasteiger partial charge in [0.1, 0.15) is 5.02 Å². The third kappa shape index (κ3) is 3.49. The Morgan fingerprint density at radius 3 is 2.90 bits per heavy atom. The van der Waals surface area contributed by atoms with E-state index in [0.29, 0.717) is 19.5 Å². The lowest BCUT2D eigenvalue weighted by Gasteiger charge is -2.26. The number of hydrogen-bond donors (Lipinski definition) is 1. The third-order valence-corrected chi connectivity index (χ3v) is 3.07. The molecule has 0 saturated carbocycles. The fourth-order valence-corrected chi connectivity index (χ4v) is 1.99. The molecule has 2 atom stereocenters. The number of ether oxygens (including phenoxy) is 1. The quantitative estimate of drug-likeness (QED) is 0.583. The van der Waals surface area contributed by atoms with Gasteiger partial charge in [-0.1, -0.05) is 6.92 Å². The molecular formula is C11H19N3O6. The Labute approximate surface area is 115 Å². The monoisotopic (exact) mass is 289 g/mol. The lowest BCUT2D eigenvalue weighted by molar-refractivity contribution is -0.181. The van der Waals surface area contributed by atoms with Crippen LogP contribution in [0.2, 0.25) is 0 Å². The first-order chi connectivity index (χ1) is 9.51. The normalized spacial score (nSPS) is 20.7.